The smallest absolute Gasteiger partial charge is 0.352 e. The molecule has 0 fully saturated rings. The predicted octanol–water partition coefficient (Wildman–Crippen LogP) is 3.05. The maximum Gasteiger partial charge on any atom is 0.446 e. The quantitative estimate of drug-likeness (QED) is 0.834. The van der Waals surface area contributed by atoms with Gasteiger partial charge in [0.25, 0.3) is 5.91 Å². The second-order valence-corrected chi connectivity index (χ2v) is 4.07. The molecule has 1 rings (SSSR count). The van der Waals surface area contributed by atoms with Crippen molar-refractivity contribution < 1.29 is 18.0 Å². The third-order valence-electron chi connectivity index (χ3n) is 1.67. The third-order valence-corrected chi connectivity index (χ3v) is 2.39. The number of halogens is 3. The zero-order chi connectivity index (χ0) is 12.2. The molecule has 0 aliphatic carbocycles. The molecule has 0 aromatic heterocycles. The van der Waals surface area contributed by atoms with E-state index in [1.54, 1.807) is 6.92 Å². The summed E-state index contributed by atoms with van der Waals surface area (Å²) < 4.78 is 36.3. The van der Waals surface area contributed by atoms with Gasteiger partial charge < -0.3 is 5.32 Å². The zero-order valence-electron chi connectivity index (χ0n) is 8.47. The Morgan fingerprint density at radius 3 is 2.69 bits per heavy atom. The van der Waals surface area contributed by atoms with Crippen LogP contribution in [0.1, 0.15) is 17.3 Å². The summed E-state index contributed by atoms with van der Waals surface area (Å²) in [7, 11) is 0. The van der Waals surface area contributed by atoms with E-state index in [9.17, 15) is 18.0 Å². The molecule has 1 amide bonds. The van der Waals surface area contributed by atoms with Crippen LogP contribution in [0.3, 0.4) is 0 Å². The van der Waals surface area contributed by atoms with E-state index < -0.39 is 5.51 Å². The Kier molecular flexibility index (Phi) is 4.23. The summed E-state index contributed by atoms with van der Waals surface area (Å²) in [6.07, 6.45) is 0. The molecule has 0 heterocycles. The topological polar surface area (TPSA) is 29.1 Å². The summed E-state index contributed by atoms with van der Waals surface area (Å²) >= 11 is -0.230. The fraction of sp³-hybridized carbons (Fsp3) is 0.300. The van der Waals surface area contributed by atoms with Crippen LogP contribution in [0.4, 0.5) is 13.2 Å². The summed E-state index contributed by atoms with van der Waals surface area (Å²) in [5.74, 6) is -0.368. The molecule has 16 heavy (non-hydrogen) atoms. The van der Waals surface area contributed by atoms with Crippen molar-refractivity contribution in [3.8, 4) is 0 Å². The van der Waals surface area contributed by atoms with Crippen LogP contribution in [-0.4, -0.2) is 18.0 Å². The standard InChI is InChI=1S/C10H10F3NOS/c1-2-14-9(15)7-4-3-5-8(6-7)16-10(11,12)13/h3-6H,2H2,1H3,(H,14,15). The number of carbonyl (C=O) groups excluding carboxylic acids is 1. The summed E-state index contributed by atoms with van der Waals surface area (Å²) in [5, 5.41) is 2.52. The molecular formula is C10H10F3NOS. The number of thioether (sulfide) groups is 1. The number of benzene rings is 1. The molecule has 0 unspecified atom stereocenters. The molecular weight excluding hydrogens is 239 g/mol. The second kappa shape index (κ2) is 5.25. The molecule has 0 bridgehead atoms. The van der Waals surface area contributed by atoms with Crippen molar-refractivity contribution in [3.05, 3.63) is 29.8 Å². The largest absolute Gasteiger partial charge is 0.446 e. The first kappa shape index (κ1) is 12.9. The van der Waals surface area contributed by atoms with Crippen molar-refractivity contribution in [2.75, 3.05) is 6.54 Å². The molecule has 1 aromatic rings. The van der Waals surface area contributed by atoms with Gasteiger partial charge in [-0.1, -0.05) is 6.07 Å². The van der Waals surface area contributed by atoms with Gasteiger partial charge in [0.15, 0.2) is 0 Å². The maximum absolute atomic E-state index is 12.1. The highest BCUT2D eigenvalue weighted by Crippen LogP contribution is 2.36. The molecule has 0 atom stereocenters. The van der Waals surface area contributed by atoms with E-state index in [1.807, 2.05) is 0 Å². The van der Waals surface area contributed by atoms with Gasteiger partial charge >= 0.3 is 5.51 Å². The highest BCUT2D eigenvalue weighted by molar-refractivity contribution is 8.00. The van der Waals surface area contributed by atoms with Crippen molar-refractivity contribution in [1.29, 1.82) is 0 Å². The highest BCUT2D eigenvalue weighted by atomic mass is 32.2. The van der Waals surface area contributed by atoms with Gasteiger partial charge in [-0.15, -0.1) is 0 Å². The van der Waals surface area contributed by atoms with Gasteiger partial charge in [-0.05, 0) is 36.9 Å². The van der Waals surface area contributed by atoms with E-state index in [1.165, 1.54) is 24.3 Å². The monoisotopic (exact) mass is 249 g/mol. The van der Waals surface area contributed by atoms with E-state index in [0.29, 0.717) is 6.54 Å². The average molecular weight is 249 g/mol. The van der Waals surface area contributed by atoms with Crippen molar-refractivity contribution in [2.24, 2.45) is 0 Å². The van der Waals surface area contributed by atoms with Crippen molar-refractivity contribution in [3.63, 3.8) is 0 Å². The Labute approximate surface area is 95.2 Å². The first-order valence-corrected chi connectivity index (χ1v) is 5.38. The summed E-state index contributed by atoms with van der Waals surface area (Å²) in [4.78, 5) is 11.4. The van der Waals surface area contributed by atoms with Gasteiger partial charge in [0.2, 0.25) is 0 Å². The number of carbonyl (C=O) groups is 1. The molecule has 0 spiro atoms. The normalized spacial score (nSPS) is 11.2. The van der Waals surface area contributed by atoms with Crippen molar-refractivity contribution >= 4 is 17.7 Å². The van der Waals surface area contributed by atoms with Gasteiger partial charge in [-0.3, -0.25) is 4.79 Å². The SMILES string of the molecule is CCNC(=O)c1cccc(SC(F)(F)F)c1. The molecule has 0 saturated heterocycles. The highest BCUT2D eigenvalue weighted by Gasteiger charge is 2.29. The lowest BCUT2D eigenvalue weighted by Gasteiger charge is -2.07. The Morgan fingerprint density at radius 2 is 2.12 bits per heavy atom. The molecule has 0 radical (unpaired) electrons. The number of nitrogens with one attached hydrogen (secondary N) is 1. The van der Waals surface area contributed by atoms with E-state index in [-0.39, 0.29) is 28.1 Å². The fourth-order valence-electron chi connectivity index (χ4n) is 1.10. The molecule has 1 N–H and O–H groups in total. The number of hydrogen-bond donors (Lipinski definition) is 1. The Bertz CT molecular complexity index is 379. The lowest BCUT2D eigenvalue weighted by Crippen LogP contribution is -2.22. The van der Waals surface area contributed by atoms with Gasteiger partial charge in [0, 0.05) is 17.0 Å². The average Bonchev–Trinajstić information content (AvgIpc) is 2.16. The van der Waals surface area contributed by atoms with Crippen LogP contribution in [0, 0.1) is 0 Å². The fourth-order valence-corrected chi connectivity index (χ4v) is 1.70. The maximum atomic E-state index is 12.1. The van der Waals surface area contributed by atoms with Crippen LogP contribution in [0.5, 0.6) is 0 Å². The molecule has 0 aliphatic rings. The number of hydrogen-bond acceptors (Lipinski definition) is 2. The van der Waals surface area contributed by atoms with Crippen molar-refractivity contribution in [1.82, 2.24) is 5.32 Å². The lowest BCUT2D eigenvalue weighted by atomic mass is 10.2. The predicted molar refractivity (Wildman–Crippen MR) is 56.4 cm³/mol. The first-order chi connectivity index (χ1) is 7.42. The zero-order valence-corrected chi connectivity index (χ0v) is 9.28. The number of rotatable bonds is 3. The minimum Gasteiger partial charge on any atom is -0.352 e. The number of alkyl halides is 3. The lowest BCUT2D eigenvalue weighted by molar-refractivity contribution is -0.0328. The Hall–Kier alpha value is -1.17. The molecule has 2 nitrogen and oxygen atoms in total. The van der Waals surface area contributed by atoms with Crippen LogP contribution < -0.4 is 5.32 Å². The van der Waals surface area contributed by atoms with Crippen molar-refractivity contribution in [2.45, 2.75) is 17.3 Å². The van der Waals surface area contributed by atoms with Crippen LogP contribution in [0.2, 0.25) is 0 Å². The van der Waals surface area contributed by atoms with E-state index in [2.05, 4.69) is 5.32 Å². The van der Waals surface area contributed by atoms with E-state index in [0.717, 1.165) is 0 Å². The Morgan fingerprint density at radius 1 is 1.44 bits per heavy atom. The van der Waals surface area contributed by atoms with E-state index >= 15 is 0 Å². The Balaban J connectivity index is 2.83. The minimum atomic E-state index is -4.33. The molecule has 1 aromatic carbocycles. The third kappa shape index (κ3) is 4.14. The summed E-state index contributed by atoms with van der Waals surface area (Å²) in [5.41, 5.74) is -4.10. The van der Waals surface area contributed by atoms with Crippen LogP contribution in [0.25, 0.3) is 0 Å². The molecule has 0 aliphatic heterocycles. The molecule has 88 valence electrons. The van der Waals surface area contributed by atoms with Crippen LogP contribution in [-0.2, 0) is 0 Å². The van der Waals surface area contributed by atoms with Crippen LogP contribution in [0.15, 0.2) is 29.2 Å². The minimum absolute atomic E-state index is 0.0104. The van der Waals surface area contributed by atoms with Crippen LogP contribution >= 0.6 is 11.8 Å². The summed E-state index contributed by atoms with van der Waals surface area (Å²) in [6.45, 7) is 2.18. The van der Waals surface area contributed by atoms with Gasteiger partial charge in [0.05, 0.1) is 0 Å². The van der Waals surface area contributed by atoms with Gasteiger partial charge in [-0.2, -0.15) is 13.2 Å². The molecule has 0 saturated carbocycles. The molecule has 6 heteroatoms. The second-order valence-electron chi connectivity index (χ2n) is 2.94. The number of amides is 1. The van der Waals surface area contributed by atoms with E-state index in [4.69, 9.17) is 0 Å². The van der Waals surface area contributed by atoms with Gasteiger partial charge in [0.1, 0.15) is 0 Å². The summed E-state index contributed by atoms with van der Waals surface area (Å²) in [6, 6.07) is 5.45. The van der Waals surface area contributed by atoms with Gasteiger partial charge in [-0.25, -0.2) is 0 Å². The first-order valence-electron chi connectivity index (χ1n) is 4.56.